The Morgan fingerprint density at radius 1 is 1.20 bits per heavy atom. The van der Waals surface area contributed by atoms with Gasteiger partial charge in [0, 0.05) is 5.73 Å². The average Bonchev–Trinajstić information content (AvgIpc) is 1.92. The smallest absolute Gasteiger partial charge is 0.0864 e. The van der Waals surface area contributed by atoms with Crippen LogP contribution in [0.4, 0.5) is 0 Å². The van der Waals surface area contributed by atoms with Crippen molar-refractivity contribution in [3.63, 3.8) is 0 Å². The highest BCUT2D eigenvalue weighted by molar-refractivity contribution is 6.81. The fraction of sp³-hybridized carbons (Fsp3) is 0.875. The van der Waals surface area contributed by atoms with Crippen LogP contribution in [0.2, 0.25) is 18.1 Å². The van der Waals surface area contributed by atoms with Gasteiger partial charge in [-0.05, 0) is 6.92 Å². The number of hydrogen-bond donors (Lipinski definition) is 1. The van der Waals surface area contributed by atoms with Crippen LogP contribution in [-0.2, 0) is 0 Å². The molecule has 61 valence electrons. The van der Waals surface area contributed by atoms with E-state index in [0.717, 1.165) is 18.1 Å². The molecule has 0 saturated heterocycles. The maximum atomic E-state index is 9.41. The Labute approximate surface area is 65.5 Å². The first kappa shape index (κ1) is 10.2. The molecule has 0 aliphatic heterocycles. The minimum atomic E-state index is -1.35. The van der Waals surface area contributed by atoms with Crippen LogP contribution in [0.1, 0.15) is 20.8 Å². The summed E-state index contributed by atoms with van der Waals surface area (Å²) in [4.78, 5) is 0. The van der Waals surface area contributed by atoms with Gasteiger partial charge < -0.3 is 5.11 Å². The van der Waals surface area contributed by atoms with Crippen LogP contribution in [0.3, 0.4) is 0 Å². The van der Waals surface area contributed by atoms with Crippen LogP contribution in [-0.4, -0.2) is 18.9 Å². The fourth-order valence-corrected chi connectivity index (χ4v) is 4.37. The molecule has 1 N–H and O–H groups in total. The molecule has 0 aliphatic rings. The first-order valence-corrected chi connectivity index (χ1v) is 6.84. The molecule has 0 saturated carbocycles. The zero-order chi connectivity index (χ0) is 8.20. The van der Waals surface area contributed by atoms with E-state index in [-0.39, 0.29) is 5.73 Å². The van der Waals surface area contributed by atoms with E-state index < -0.39 is 8.07 Å². The van der Waals surface area contributed by atoms with Crippen molar-refractivity contribution < 1.29 is 5.11 Å². The van der Waals surface area contributed by atoms with Crippen LogP contribution in [0.15, 0.2) is 0 Å². The van der Waals surface area contributed by atoms with E-state index >= 15 is 0 Å². The molecule has 0 aromatic heterocycles. The molecule has 1 unspecified atom stereocenters. The van der Waals surface area contributed by atoms with E-state index in [9.17, 15) is 5.11 Å². The van der Waals surface area contributed by atoms with E-state index in [1.807, 2.05) is 0 Å². The molecule has 0 bridgehead atoms. The van der Waals surface area contributed by atoms with Crippen molar-refractivity contribution in [2.45, 2.75) is 44.6 Å². The number of hydrogen-bond acceptors (Lipinski definition) is 1. The van der Waals surface area contributed by atoms with Crippen molar-refractivity contribution in [1.82, 2.24) is 0 Å². The van der Waals surface area contributed by atoms with Gasteiger partial charge in [-0.3, -0.25) is 0 Å². The first-order valence-electron chi connectivity index (χ1n) is 4.14. The lowest BCUT2D eigenvalue weighted by atomic mass is 10.8. The molecule has 1 radical (unpaired) electrons. The first-order chi connectivity index (χ1) is 4.63. The lowest BCUT2D eigenvalue weighted by Gasteiger charge is -2.30. The number of aliphatic hydroxyl groups excluding tert-OH is 1. The summed E-state index contributed by atoms with van der Waals surface area (Å²) in [6.45, 7) is 10.3. The summed E-state index contributed by atoms with van der Waals surface area (Å²) < 4.78 is 0. The van der Waals surface area contributed by atoms with E-state index in [1.165, 1.54) is 0 Å². The van der Waals surface area contributed by atoms with Crippen molar-refractivity contribution in [2.24, 2.45) is 0 Å². The predicted octanol–water partition coefficient (Wildman–Crippen LogP) is 2.23. The van der Waals surface area contributed by atoms with E-state index in [0.29, 0.717) is 0 Å². The summed E-state index contributed by atoms with van der Waals surface area (Å²) in [5, 5.41) is 9.41. The Balaban J connectivity index is 4.15. The molecule has 0 heterocycles. The van der Waals surface area contributed by atoms with Gasteiger partial charge in [0.25, 0.3) is 0 Å². The second-order valence-electron chi connectivity index (χ2n) is 2.94. The Hall–Kier alpha value is 0.177. The Bertz CT molecular complexity index is 79.0. The average molecular weight is 159 g/mol. The van der Waals surface area contributed by atoms with Gasteiger partial charge in [0.1, 0.15) is 0 Å². The zero-order valence-electron chi connectivity index (χ0n) is 7.35. The third-order valence-corrected chi connectivity index (χ3v) is 8.46. The highest BCUT2D eigenvalue weighted by Crippen LogP contribution is 2.23. The molecular weight excluding hydrogens is 140 g/mol. The largest absolute Gasteiger partial charge is 0.397 e. The molecule has 0 aromatic rings. The summed E-state index contributed by atoms with van der Waals surface area (Å²) in [7, 11) is -1.35. The maximum absolute atomic E-state index is 9.41. The Morgan fingerprint density at radius 2 is 1.50 bits per heavy atom. The van der Waals surface area contributed by atoms with Crippen molar-refractivity contribution in [3.05, 3.63) is 6.92 Å². The summed E-state index contributed by atoms with van der Waals surface area (Å²) >= 11 is 0. The van der Waals surface area contributed by atoms with Gasteiger partial charge in [0.15, 0.2) is 0 Å². The van der Waals surface area contributed by atoms with Gasteiger partial charge in [-0.25, -0.2) is 0 Å². The molecule has 2 heteroatoms. The normalized spacial score (nSPS) is 15.3. The second-order valence-corrected chi connectivity index (χ2v) is 8.45. The topological polar surface area (TPSA) is 20.2 Å². The second kappa shape index (κ2) is 4.14. The van der Waals surface area contributed by atoms with Gasteiger partial charge in [-0.15, -0.1) is 0 Å². The number of rotatable bonds is 4. The molecule has 0 aliphatic carbocycles. The standard InChI is InChI=1S/C8H19OSi/c1-5-10(6-2,7-3)8(4)9/h8-9H,4-7H2,1-3H3. The monoisotopic (exact) mass is 159 g/mol. The van der Waals surface area contributed by atoms with E-state index in [1.54, 1.807) is 0 Å². The summed E-state index contributed by atoms with van der Waals surface area (Å²) in [6.07, 6.45) is 0. The molecule has 1 atom stereocenters. The number of aliphatic hydroxyl groups is 1. The third kappa shape index (κ3) is 1.83. The van der Waals surface area contributed by atoms with Crippen molar-refractivity contribution >= 4 is 8.07 Å². The molecule has 10 heavy (non-hydrogen) atoms. The molecule has 0 aromatic carbocycles. The van der Waals surface area contributed by atoms with Gasteiger partial charge in [0.05, 0.1) is 8.07 Å². The van der Waals surface area contributed by atoms with E-state index in [4.69, 9.17) is 0 Å². The highest BCUT2D eigenvalue weighted by atomic mass is 28.3. The highest BCUT2D eigenvalue weighted by Gasteiger charge is 2.31. The summed E-state index contributed by atoms with van der Waals surface area (Å²) in [5.41, 5.74) is -0.271. The maximum Gasteiger partial charge on any atom is 0.0864 e. The van der Waals surface area contributed by atoms with Gasteiger partial charge in [0.2, 0.25) is 0 Å². The van der Waals surface area contributed by atoms with Gasteiger partial charge in [-0.2, -0.15) is 0 Å². The summed E-state index contributed by atoms with van der Waals surface area (Å²) in [6, 6.07) is 3.47. The van der Waals surface area contributed by atoms with Crippen LogP contribution in [0, 0.1) is 6.92 Å². The van der Waals surface area contributed by atoms with Crippen molar-refractivity contribution in [1.29, 1.82) is 0 Å². The lowest BCUT2D eigenvalue weighted by Crippen LogP contribution is -2.44. The van der Waals surface area contributed by atoms with Gasteiger partial charge in [-0.1, -0.05) is 38.9 Å². The molecule has 0 rings (SSSR count). The van der Waals surface area contributed by atoms with Crippen molar-refractivity contribution in [3.8, 4) is 0 Å². The van der Waals surface area contributed by atoms with Crippen LogP contribution in [0.25, 0.3) is 0 Å². The molecule has 1 nitrogen and oxygen atoms in total. The molecular formula is C8H19OSi. The van der Waals surface area contributed by atoms with Gasteiger partial charge >= 0.3 is 0 Å². The van der Waals surface area contributed by atoms with Crippen LogP contribution >= 0.6 is 0 Å². The molecule has 0 amide bonds. The predicted molar refractivity (Wildman–Crippen MR) is 48.6 cm³/mol. The Morgan fingerprint density at radius 3 is 1.50 bits per heavy atom. The summed E-state index contributed by atoms with van der Waals surface area (Å²) in [5.74, 6) is 0. The SMILES string of the molecule is [CH2]C(O)[Si](CC)(CC)CC. The Kier molecular flexibility index (Phi) is 4.21. The quantitative estimate of drug-likeness (QED) is 0.624. The third-order valence-electron chi connectivity index (χ3n) is 2.82. The fourth-order valence-electron chi connectivity index (χ4n) is 1.46. The van der Waals surface area contributed by atoms with Crippen LogP contribution in [0.5, 0.6) is 0 Å². The zero-order valence-corrected chi connectivity index (χ0v) is 8.35. The van der Waals surface area contributed by atoms with Crippen molar-refractivity contribution in [2.75, 3.05) is 0 Å². The molecule has 0 spiro atoms. The lowest BCUT2D eigenvalue weighted by molar-refractivity contribution is 0.285. The minimum Gasteiger partial charge on any atom is -0.397 e. The van der Waals surface area contributed by atoms with Crippen LogP contribution < -0.4 is 0 Å². The van der Waals surface area contributed by atoms with E-state index in [2.05, 4.69) is 27.7 Å². The molecule has 0 fully saturated rings. The minimum absolute atomic E-state index is 0.271.